The number of rotatable bonds is 7. The molecule has 0 aromatic carbocycles. The van der Waals surface area contributed by atoms with Crippen LogP contribution in [0.25, 0.3) is 6.08 Å². The number of furan rings is 1. The van der Waals surface area contributed by atoms with Crippen LogP contribution in [0, 0.1) is 0 Å². The van der Waals surface area contributed by atoms with Gasteiger partial charge in [0.05, 0.1) is 17.9 Å². The number of thioether (sulfide) groups is 1. The van der Waals surface area contributed by atoms with Crippen molar-refractivity contribution in [1.29, 1.82) is 0 Å². The van der Waals surface area contributed by atoms with E-state index in [-0.39, 0.29) is 51.8 Å². The third kappa shape index (κ3) is 5.01. The number of aromatic nitrogens is 1. The third-order valence-corrected chi connectivity index (χ3v) is 6.61. The summed E-state index contributed by atoms with van der Waals surface area (Å²) in [5.74, 6) is -1.92. The van der Waals surface area contributed by atoms with E-state index in [9.17, 15) is 19.5 Å². The number of nitrogens with zero attached hydrogens (tertiary/aromatic N) is 3. The number of β-lactam (4-membered cyclic amide) rings is 1. The number of nitrogen functional groups attached to an aromatic ring is 1. The van der Waals surface area contributed by atoms with E-state index in [1.165, 1.54) is 30.5 Å². The number of carboxylic acid groups (broad SMARTS) is 1. The number of anilines is 1. The fourth-order valence-corrected chi connectivity index (χ4v) is 5.10. The summed E-state index contributed by atoms with van der Waals surface area (Å²) in [6.07, 6.45) is 4.67. The Morgan fingerprint density at radius 1 is 1.45 bits per heavy atom. The summed E-state index contributed by atoms with van der Waals surface area (Å²) in [5, 5.41) is 19.2. The fourth-order valence-electron chi connectivity index (χ4n) is 3.23. The van der Waals surface area contributed by atoms with Crippen LogP contribution < -0.4 is 45.7 Å². The molecule has 0 bridgehead atoms. The molecule has 2 aromatic heterocycles. The van der Waals surface area contributed by atoms with Crippen LogP contribution in [0.2, 0.25) is 0 Å². The molecule has 2 aliphatic heterocycles. The van der Waals surface area contributed by atoms with Crippen LogP contribution in [-0.4, -0.2) is 57.7 Å². The molecule has 3 N–H and O–H groups in total. The zero-order valence-electron chi connectivity index (χ0n) is 17.5. The summed E-state index contributed by atoms with van der Waals surface area (Å²) in [7, 11) is 1.27. The van der Waals surface area contributed by atoms with Crippen molar-refractivity contribution < 1.29 is 58.3 Å². The molecule has 166 valence electrons. The van der Waals surface area contributed by atoms with Gasteiger partial charge in [-0.15, -0.1) is 23.1 Å². The number of amides is 2. The maximum Gasteiger partial charge on any atom is 1.00 e. The molecule has 11 nitrogen and oxygen atoms in total. The molecule has 1 fully saturated rings. The number of nitrogens with one attached hydrogen (secondary N) is 1. The molecule has 0 spiro atoms. The second-order valence-corrected chi connectivity index (χ2v) is 8.56. The molecular formula is C19H16N5NaO6S2. The fraction of sp³-hybridized carbons (Fsp3) is 0.211. The van der Waals surface area contributed by atoms with Crippen molar-refractivity contribution >= 4 is 57.8 Å². The largest absolute Gasteiger partial charge is 1.00 e. The molecule has 0 radical (unpaired) electrons. The van der Waals surface area contributed by atoms with Crippen molar-refractivity contribution in [2.45, 2.75) is 11.4 Å². The summed E-state index contributed by atoms with van der Waals surface area (Å²) in [6.45, 7) is 0. The monoisotopic (exact) mass is 497 g/mol. The van der Waals surface area contributed by atoms with Gasteiger partial charge in [-0.3, -0.25) is 14.5 Å². The van der Waals surface area contributed by atoms with E-state index in [2.05, 4.69) is 15.5 Å². The molecule has 2 atom stereocenters. The molecule has 4 rings (SSSR count). The average molecular weight is 497 g/mol. The molecular weight excluding hydrogens is 481 g/mol. The number of carbonyl (C=O) groups excluding carboxylic acids is 3. The summed E-state index contributed by atoms with van der Waals surface area (Å²) >= 11 is 2.43. The maximum atomic E-state index is 12.8. The quantitative estimate of drug-likeness (QED) is 0.173. The first-order chi connectivity index (χ1) is 15.4. The molecule has 1 unspecified atom stereocenters. The Morgan fingerprint density at radius 3 is 2.85 bits per heavy atom. The van der Waals surface area contributed by atoms with Crippen LogP contribution in [-0.2, 0) is 19.2 Å². The van der Waals surface area contributed by atoms with Gasteiger partial charge in [0.25, 0.3) is 11.8 Å². The van der Waals surface area contributed by atoms with E-state index in [1.807, 2.05) is 0 Å². The van der Waals surface area contributed by atoms with Crippen LogP contribution in [0.3, 0.4) is 0 Å². The normalized spacial score (nSPS) is 20.2. The Kier molecular flexibility index (Phi) is 8.02. The van der Waals surface area contributed by atoms with Crippen LogP contribution in [0.4, 0.5) is 5.13 Å². The number of nitrogens with two attached hydrogens (primary N) is 1. The predicted molar refractivity (Wildman–Crippen MR) is 115 cm³/mol. The molecule has 0 aliphatic carbocycles. The molecule has 2 amide bonds. The van der Waals surface area contributed by atoms with Crippen molar-refractivity contribution in [2.24, 2.45) is 5.16 Å². The van der Waals surface area contributed by atoms with E-state index in [0.29, 0.717) is 17.1 Å². The first-order valence-corrected chi connectivity index (χ1v) is 11.1. The van der Waals surface area contributed by atoms with Crippen molar-refractivity contribution in [3.8, 4) is 0 Å². The SMILES string of the molecule is CON=C(C(=O)NC1C(=O)N2C(C(=O)[O-])=C(C=Cc3ccco3)CS[C@H]12)c1csc(N)n1.[Na+]. The number of oxime groups is 1. The van der Waals surface area contributed by atoms with Crippen molar-refractivity contribution in [3.63, 3.8) is 0 Å². The molecule has 0 saturated carbocycles. The van der Waals surface area contributed by atoms with Gasteiger partial charge in [0.2, 0.25) is 0 Å². The van der Waals surface area contributed by atoms with Gasteiger partial charge in [0.1, 0.15) is 30.0 Å². The first-order valence-electron chi connectivity index (χ1n) is 9.15. The maximum absolute atomic E-state index is 12.8. The average Bonchev–Trinajstić information content (AvgIpc) is 3.45. The summed E-state index contributed by atoms with van der Waals surface area (Å²) in [5.41, 5.74) is 5.84. The standard InChI is InChI=1S/C19H17N5O6S2.Na/c1-29-23-12(11-8-32-19(20)21-11)15(25)22-13-16(26)24-14(18(27)28)9(7-31-17(13)24)4-5-10-3-2-6-30-10;/h2-6,8,13,17H,7H2,1H3,(H2,20,21)(H,22,25)(H,27,28);/q;+1/p-1/t13?,17-;/m1./s1. The van der Waals surface area contributed by atoms with E-state index < -0.39 is 29.2 Å². The van der Waals surface area contributed by atoms with Gasteiger partial charge in [-0.05, 0) is 23.8 Å². The van der Waals surface area contributed by atoms with Crippen molar-refractivity contribution in [1.82, 2.24) is 15.2 Å². The summed E-state index contributed by atoms with van der Waals surface area (Å²) < 4.78 is 5.20. The first kappa shape index (κ1) is 25.1. The number of hydrogen-bond acceptors (Lipinski definition) is 11. The zero-order valence-corrected chi connectivity index (χ0v) is 21.1. The zero-order chi connectivity index (χ0) is 22.8. The third-order valence-electron chi connectivity index (χ3n) is 4.63. The number of carbonyl (C=O) groups is 3. The molecule has 2 aliphatic rings. The van der Waals surface area contributed by atoms with Gasteiger partial charge in [-0.1, -0.05) is 11.2 Å². The van der Waals surface area contributed by atoms with Crippen molar-refractivity contribution in [2.75, 3.05) is 18.6 Å². The minimum atomic E-state index is -1.48. The molecule has 33 heavy (non-hydrogen) atoms. The number of carboxylic acids is 1. The number of aliphatic carboxylic acids is 1. The van der Waals surface area contributed by atoms with E-state index in [1.54, 1.807) is 24.3 Å². The van der Waals surface area contributed by atoms with E-state index in [4.69, 9.17) is 15.0 Å². The Bertz CT molecular complexity index is 1160. The minimum Gasteiger partial charge on any atom is -0.543 e. The van der Waals surface area contributed by atoms with Crippen LogP contribution in [0.1, 0.15) is 11.5 Å². The second-order valence-electron chi connectivity index (χ2n) is 6.56. The Labute approximate surface area is 218 Å². The summed E-state index contributed by atoms with van der Waals surface area (Å²) in [6, 6.07) is 2.46. The topological polar surface area (TPSA) is 163 Å². The van der Waals surface area contributed by atoms with Gasteiger partial charge in [0, 0.05) is 11.1 Å². The smallest absolute Gasteiger partial charge is 0.543 e. The molecule has 1 saturated heterocycles. The van der Waals surface area contributed by atoms with Gasteiger partial charge >= 0.3 is 29.6 Å². The van der Waals surface area contributed by atoms with Crippen LogP contribution >= 0.6 is 23.1 Å². The number of fused-ring (bicyclic) bond motifs is 1. The number of thiazole rings is 1. The van der Waals surface area contributed by atoms with E-state index >= 15 is 0 Å². The summed E-state index contributed by atoms with van der Waals surface area (Å²) in [4.78, 5) is 47.1. The van der Waals surface area contributed by atoms with Gasteiger partial charge in [0.15, 0.2) is 10.8 Å². The van der Waals surface area contributed by atoms with Crippen LogP contribution in [0.15, 0.2) is 50.7 Å². The molecule has 2 aromatic rings. The van der Waals surface area contributed by atoms with Gasteiger partial charge < -0.3 is 30.2 Å². The van der Waals surface area contributed by atoms with Gasteiger partial charge in [-0.2, -0.15) is 0 Å². The van der Waals surface area contributed by atoms with Crippen LogP contribution in [0.5, 0.6) is 0 Å². The Morgan fingerprint density at radius 2 is 2.24 bits per heavy atom. The molecule has 14 heteroatoms. The Hall–Kier alpha value is -2.58. The minimum absolute atomic E-state index is 0. The Balaban J connectivity index is 0.00000306. The van der Waals surface area contributed by atoms with Crippen molar-refractivity contribution in [3.05, 3.63) is 52.6 Å². The number of hydrogen-bond donors (Lipinski definition) is 2. The van der Waals surface area contributed by atoms with Gasteiger partial charge in [-0.25, -0.2) is 4.98 Å². The molecule has 4 heterocycles. The van der Waals surface area contributed by atoms with E-state index in [0.717, 1.165) is 16.2 Å². The predicted octanol–water partition coefficient (Wildman–Crippen LogP) is -3.21. The second kappa shape index (κ2) is 10.6. The number of allylic oxidation sites excluding steroid dienone is 1.